The molecule has 1 aliphatic heterocycles. The summed E-state index contributed by atoms with van der Waals surface area (Å²) in [6, 6.07) is 0. The number of hydrogen-bond acceptors (Lipinski definition) is 8. The number of halogens is 1. The van der Waals surface area contributed by atoms with E-state index in [2.05, 4.69) is 16.8 Å². The molecule has 0 aliphatic carbocycles. The summed E-state index contributed by atoms with van der Waals surface area (Å²) in [5.74, 6) is 9.43. The van der Waals surface area contributed by atoms with Gasteiger partial charge in [0.25, 0.3) is 5.56 Å². The molecule has 0 radical (unpaired) electrons. The van der Waals surface area contributed by atoms with E-state index in [0.717, 1.165) is 10.8 Å². The normalized spacial score (nSPS) is 29.5. The van der Waals surface area contributed by atoms with Gasteiger partial charge in [-0.2, -0.15) is 9.66 Å². The monoisotopic (exact) mass is 366 g/mol. The topological polar surface area (TPSA) is 168 Å². The Morgan fingerprint density at radius 3 is 2.77 bits per heavy atom. The molecule has 10 nitrogen and oxygen atoms in total. The summed E-state index contributed by atoms with van der Waals surface area (Å²) in [7, 11) is 0. The summed E-state index contributed by atoms with van der Waals surface area (Å²) in [6.45, 7) is 2.92. The SMILES string of the molecule is CC#C[C@@]1(N)C(O)[C@@H]([C@@H](C)O)O[C@H]1n1cc(F)c2c(=O)n(N)c(N)nc21. The number of anilines is 1. The first-order valence-corrected chi connectivity index (χ1v) is 7.71. The zero-order valence-electron chi connectivity index (χ0n) is 14.0. The number of fused-ring (bicyclic) bond motifs is 1. The van der Waals surface area contributed by atoms with Crippen LogP contribution in [0, 0.1) is 17.7 Å². The molecule has 1 saturated heterocycles. The number of aliphatic hydroxyl groups is 2. The Kier molecular flexibility index (Phi) is 4.16. The quantitative estimate of drug-likeness (QED) is 0.300. The molecule has 2 aromatic rings. The Morgan fingerprint density at radius 2 is 2.19 bits per heavy atom. The van der Waals surface area contributed by atoms with Crippen LogP contribution >= 0.6 is 0 Å². The van der Waals surface area contributed by atoms with E-state index in [1.165, 1.54) is 13.8 Å². The fourth-order valence-electron chi connectivity index (χ4n) is 3.14. The molecule has 11 heteroatoms. The average molecular weight is 366 g/mol. The molecule has 0 spiro atoms. The van der Waals surface area contributed by atoms with Crippen LogP contribution in [-0.4, -0.2) is 48.3 Å². The van der Waals surface area contributed by atoms with Crippen molar-refractivity contribution in [3.05, 3.63) is 22.4 Å². The van der Waals surface area contributed by atoms with E-state index in [-0.39, 0.29) is 11.6 Å². The summed E-state index contributed by atoms with van der Waals surface area (Å²) in [5.41, 5.74) is 9.10. The largest absolute Gasteiger partial charge is 0.391 e. The maximum absolute atomic E-state index is 14.4. The van der Waals surface area contributed by atoms with Crippen LogP contribution in [-0.2, 0) is 4.74 Å². The number of nitrogens with two attached hydrogens (primary N) is 3. The first-order valence-electron chi connectivity index (χ1n) is 7.71. The van der Waals surface area contributed by atoms with Gasteiger partial charge in [-0.05, 0) is 13.8 Å². The minimum absolute atomic E-state index is 0.164. The standard InChI is InChI=1S/C15H19FN6O4/c1-3-4-15(18)10(24)9(6(2)23)26-13(15)21-5-7(16)8-11(21)20-14(17)22(19)12(8)25/h5-6,9-10,13,23-24H,18-19H2,1-2H3,(H2,17,20)/t6-,9-,10?,13-,15-/m1/s1. The highest BCUT2D eigenvalue weighted by Crippen LogP contribution is 2.39. The second kappa shape index (κ2) is 5.96. The third-order valence-electron chi connectivity index (χ3n) is 4.42. The van der Waals surface area contributed by atoms with E-state index < -0.39 is 46.8 Å². The highest BCUT2D eigenvalue weighted by molar-refractivity contribution is 5.77. The van der Waals surface area contributed by atoms with Crippen molar-refractivity contribution in [3.8, 4) is 11.8 Å². The van der Waals surface area contributed by atoms with Gasteiger partial charge in [0, 0.05) is 6.20 Å². The Morgan fingerprint density at radius 1 is 1.54 bits per heavy atom. The number of nitrogens with zero attached hydrogens (tertiary/aromatic N) is 3. The lowest BCUT2D eigenvalue weighted by atomic mass is 9.90. The van der Waals surface area contributed by atoms with Crippen molar-refractivity contribution in [1.82, 2.24) is 14.2 Å². The molecule has 2 aromatic heterocycles. The van der Waals surface area contributed by atoms with Crippen LogP contribution in [0.3, 0.4) is 0 Å². The zero-order valence-corrected chi connectivity index (χ0v) is 14.0. The van der Waals surface area contributed by atoms with Crippen molar-refractivity contribution < 1.29 is 19.3 Å². The van der Waals surface area contributed by atoms with E-state index in [1.807, 2.05) is 0 Å². The minimum atomic E-state index is -1.69. The van der Waals surface area contributed by atoms with Gasteiger partial charge in [-0.3, -0.25) is 9.36 Å². The molecule has 3 rings (SSSR count). The molecule has 0 aromatic carbocycles. The van der Waals surface area contributed by atoms with Gasteiger partial charge >= 0.3 is 0 Å². The first kappa shape index (κ1) is 18.2. The Bertz CT molecular complexity index is 990. The van der Waals surface area contributed by atoms with Gasteiger partial charge in [0.1, 0.15) is 17.6 Å². The van der Waals surface area contributed by atoms with Gasteiger partial charge in [-0.15, -0.1) is 5.92 Å². The number of nitrogen functional groups attached to an aromatic ring is 2. The predicted molar refractivity (Wildman–Crippen MR) is 90.5 cm³/mol. The van der Waals surface area contributed by atoms with Crippen molar-refractivity contribution in [2.75, 3.05) is 11.6 Å². The average Bonchev–Trinajstić information content (AvgIpc) is 3.01. The number of hydrogen-bond donors (Lipinski definition) is 5. The van der Waals surface area contributed by atoms with Crippen LogP contribution < -0.4 is 22.9 Å². The highest BCUT2D eigenvalue weighted by atomic mass is 19.1. The molecule has 26 heavy (non-hydrogen) atoms. The van der Waals surface area contributed by atoms with Crippen LogP contribution in [0.2, 0.25) is 0 Å². The van der Waals surface area contributed by atoms with Crippen molar-refractivity contribution >= 4 is 17.0 Å². The molecule has 3 heterocycles. The van der Waals surface area contributed by atoms with Crippen LogP contribution in [0.15, 0.2) is 11.0 Å². The smallest absolute Gasteiger partial charge is 0.285 e. The lowest BCUT2D eigenvalue weighted by Gasteiger charge is -2.28. The summed E-state index contributed by atoms with van der Waals surface area (Å²) in [5, 5.41) is 20.0. The second-order valence-electron chi connectivity index (χ2n) is 6.17. The Balaban J connectivity index is 2.28. The molecule has 5 atom stereocenters. The molecule has 140 valence electrons. The second-order valence-corrected chi connectivity index (χ2v) is 6.17. The van der Waals surface area contributed by atoms with Crippen molar-refractivity contribution in [3.63, 3.8) is 0 Å². The lowest BCUT2D eigenvalue weighted by molar-refractivity contribution is -0.0756. The van der Waals surface area contributed by atoms with Crippen LogP contribution in [0.1, 0.15) is 20.1 Å². The predicted octanol–water partition coefficient (Wildman–Crippen LogP) is -2.01. The summed E-state index contributed by atoms with van der Waals surface area (Å²) in [4.78, 5) is 16.1. The molecule has 0 saturated carbocycles. The van der Waals surface area contributed by atoms with Crippen LogP contribution in [0.25, 0.3) is 11.0 Å². The van der Waals surface area contributed by atoms with Crippen molar-refractivity contribution in [2.24, 2.45) is 5.73 Å². The molecule has 0 bridgehead atoms. The van der Waals surface area contributed by atoms with Gasteiger partial charge in [-0.1, -0.05) is 5.92 Å². The van der Waals surface area contributed by atoms with Crippen molar-refractivity contribution in [1.29, 1.82) is 0 Å². The van der Waals surface area contributed by atoms with Crippen molar-refractivity contribution in [2.45, 2.75) is 43.9 Å². The minimum Gasteiger partial charge on any atom is -0.391 e. The van der Waals surface area contributed by atoms with Gasteiger partial charge in [-0.25, -0.2) is 4.39 Å². The summed E-state index contributed by atoms with van der Waals surface area (Å²) >= 11 is 0. The number of aromatic nitrogens is 3. The van der Waals surface area contributed by atoms with Gasteiger partial charge in [0.15, 0.2) is 23.2 Å². The Hall–Kier alpha value is -2.65. The number of aliphatic hydroxyl groups excluding tert-OH is 2. The third kappa shape index (κ3) is 2.35. The maximum Gasteiger partial charge on any atom is 0.285 e. The van der Waals surface area contributed by atoms with E-state index in [9.17, 15) is 19.4 Å². The van der Waals surface area contributed by atoms with Gasteiger partial charge in [0.2, 0.25) is 5.95 Å². The molecule has 1 unspecified atom stereocenters. The van der Waals surface area contributed by atoms with E-state index >= 15 is 0 Å². The molecule has 0 amide bonds. The number of rotatable bonds is 2. The summed E-state index contributed by atoms with van der Waals surface area (Å²) < 4.78 is 21.7. The van der Waals surface area contributed by atoms with E-state index in [0.29, 0.717) is 4.68 Å². The van der Waals surface area contributed by atoms with Gasteiger partial charge in [0.05, 0.1) is 6.10 Å². The van der Waals surface area contributed by atoms with Crippen LogP contribution in [0.4, 0.5) is 10.3 Å². The third-order valence-corrected chi connectivity index (χ3v) is 4.42. The van der Waals surface area contributed by atoms with E-state index in [1.54, 1.807) is 0 Å². The summed E-state index contributed by atoms with van der Waals surface area (Å²) in [6.07, 6.45) is -3.84. The molecule has 1 aliphatic rings. The maximum atomic E-state index is 14.4. The van der Waals surface area contributed by atoms with Gasteiger partial charge < -0.3 is 32.3 Å². The fraction of sp³-hybridized carbons (Fsp3) is 0.467. The van der Waals surface area contributed by atoms with E-state index in [4.69, 9.17) is 22.0 Å². The molecule has 8 N–H and O–H groups in total. The fourth-order valence-corrected chi connectivity index (χ4v) is 3.14. The highest BCUT2D eigenvalue weighted by Gasteiger charge is 2.56. The molecule has 1 fully saturated rings. The lowest BCUT2D eigenvalue weighted by Crippen LogP contribution is -2.54. The molecular weight excluding hydrogens is 347 g/mol. The zero-order chi connectivity index (χ0) is 19.4. The van der Waals surface area contributed by atoms with Crippen LogP contribution in [0.5, 0.6) is 0 Å². The Labute approximate surface area is 146 Å². The first-order chi connectivity index (χ1) is 12.1. The number of ether oxygens (including phenoxy) is 1. The molecular formula is C15H19FN6O4.